The fourth-order valence-corrected chi connectivity index (χ4v) is 2.61. The van der Waals surface area contributed by atoms with Crippen molar-refractivity contribution >= 4 is 0 Å². The largest absolute Gasteiger partial charge is 0.394 e. The molecule has 122 valence electrons. The van der Waals surface area contributed by atoms with E-state index in [1.165, 1.54) is 24.4 Å². The van der Waals surface area contributed by atoms with Crippen molar-refractivity contribution in [1.29, 1.82) is 0 Å². The summed E-state index contributed by atoms with van der Waals surface area (Å²) < 4.78 is 19.9. The number of halogens is 1. The molecule has 3 N–H and O–H groups in total. The number of aromatic nitrogens is 2. The number of benzene rings is 1. The molecule has 0 radical (unpaired) electrons. The SMILES string of the molecule is O=c1[nH]c(=O)n([C@H]2C[C@H](O)[C@@H](CO)O2)cc1-c1cccc(F)c1. The van der Waals surface area contributed by atoms with E-state index in [1.54, 1.807) is 6.07 Å². The van der Waals surface area contributed by atoms with Crippen molar-refractivity contribution in [3.05, 3.63) is 57.1 Å². The Morgan fingerprint density at radius 2 is 2.17 bits per heavy atom. The summed E-state index contributed by atoms with van der Waals surface area (Å²) in [5.74, 6) is -0.507. The van der Waals surface area contributed by atoms with Crippen LogP contribution in [0.4, 0.5) is 4.39 Å². The molecule has 0 spiro atoms. The first-order chi connectivity index (χ1) is 11.0. The van der Waals surface area contributed by atoms with Crippen molar-refractivity contribution in [2.75, 3.05) is 6.61 Å². The highest BCUT2D eigenvalue weighted by Crippen LogP contribution is 2.28. The second kappa shape index (κ2) is 6.07. The molecule has 1 saturated heterocycles. The van der Waals surface area contributed by atoms with E-state index >= 15 is 0 Å². The van der Waals surface area contributed by atoms with Gasteiger partial charge in [0.2, 0.25) is 0 Å². The van der Waals surface area contributed by atoms with Crippen LogP contribution >= 0.6 is 0 Å². The van der Waals surface area contributed by atoms with Gasteiger partial charge >= 0.3 is 5.69 Å². The first kappa shape index (κ1) is 15.6. The molecule has 0 amide bonds. The van der Waals surface area contributed by atoms with Gasteiger partial charge in [0.25, 0.3) is 5.56 Å². The van der Waals surface area contributed by atoms with Crippen LogP contribution < -0.4 is 11.2 Å². The van der Waals surface area contributed by atoms with E-state index in [-0.39, 0.29) is 18.6 Å². The number of nitrogens with zero attached hydrogens (tertiary/aromatic N) is 1. The quantitative estimate of drug-likeness (QED) is 0.737. The molecule has 2 aromatic rings. The molecule has 0 saturated carbocycles. The lowest BCUT2D eigenvalue weighted by atomic mass is 10.1. The molecule has 0 aliphatic carbocycles. The Morgan fingerprint density at radius 1 is 1.39 bits per heavy atom. The molecule has 1 aromatic heterocycles. The molecule has 8 heteroatoms. The highest BCUT2D eigenvalue weighted by Gasteiger charge is 2.35. The summed E-state index contributed by atoms with van der Waals surface area (Å²) in [5, 5.41) is 18.9. The van der Waals surface area contributed by atoms with Crippen molar-refractivity contribution in [2.24, 2.45) is 0 Å². The summed E-state index contributed by atoms with van der Waals surface area (Å²) in [7, 11) is 0. The Balaban J connectivity index is 2.05. The minimum Gasteiger partial charge on any atom is -0.394 e. The number of hydrogen-bond acceptors (Lipinski definition) is 5. The van der Waals surface area contributed by atoms with E-state index in [4.69, 9.17) is 9.84 Å². The highest BCUT2D eigenvalue weighted by molar-refractivity contribution is 5.61. The predicted octanol–water partition coefficient (Wildman–Crippen LogP) is -0.0166. The van der Waals surface area contributed by atoms with Crippen molar-refractivity contribution < 1.29 is 19.3 Å². The maximum absolute atomic E-state index is 13.3. The molecule has 1 aliphatic rings. The smallest absolute Gasteiger partial charge is 0.330 e. The van der Waals surface area contributed by atoms with Crippen LogP contribution in [0.1, 0.15) is 12.6 Å². The van der Waals surface area contributed by atoms with E-state index in [0.29, 0.717) is 5.56 Å². The summed E-state index contributed by atoms with van der Waals surface area (Å²) in [6.45, 7) is -0.382. The molecule has 7 nitrogen and oxygen atoms in total. The zero-order valence-corrected chi connectivity index (χ0v) is 12.0. The van der Waals surface area contributed by atoms with Gasteiger partial charge in [-0.15, -0.1) is 0 Å². The van der Waals surface area contributed by atoms with E-state index in [9.17, 15) is 19.1 Å². The maximum atomic E-state index is 13.3. The van der Waals surface area contributed by atoms with Crippen LogP contribution in [0, 0.1) is 5.82 Å². The van der Waals surface area contributed by atoms with Gasteiger partial charge in [-0.05, 0) is 17.7 Å². The maximum Gasteiger partial charge on any atom is 0.330 e. The molecule has 1 aliphatic heterocycles. The molecule has 3 rings (SSSR count). The van der Waals surface area contributed by atoms with Crippen LogP contribution in [-0.2, 0) is 4.74 Å². The van der Waals surface area contributed by atoms with Gasteiger partial charge in [0.05, 0.1) is 18.3 Å². The lowest BCUT2D eigenvalue weighted by molar-refractivity contribution is -0.0458. The summed E-state index contributed by atoms with van der Waals surface area (Å²) in [5.41, 5.74) is -0.924. The number of nitrogens with one attached hydrogen (secondary N) is 1. The lowest BCUT2D eigenvalue weighted by Gasteiger charge is -2.15. The standard InChI is InChI=1S/C15H15FN2O5/c16-9-3-1-2-8(4-9)10-6-18(15(22)17-14(10)21)13-5-11(20)12(7-19)23-13/h1-4,6,11-13,19-20H,5,7H2,(H,17,21,22)/t11-,12+,13+/m0/s1. The normalized spacial score (nSPS) is 24.0. The van der Waals surface area contributed by atoms with Crippen LogP contribution in [0.5, 0.6) is 0 Å². The Morgan fingerprint density at radius 3 is 2.83 bits per heavy atom. The molecule has 0 bridgehead atoms. The monoisotopic (exact) mass is 322 g/mol. The third-order valence-electron chi connectivity index (χ3n) is 3.80. The van der Waals surface area contributed by atoms with Gasteiger partial charge in [-0.2, -0.15) is 0 Å². The average Bonchev–Trinajstić information content (AvgIpc) is 2.88. The number of hydrogen-bond donors (Lipinski definition) is 3. The summed E-state index contributed by atoms with van der Waals surface area (Å²) >= 11 is 0. The van der Waals surface area contributed by atoms with Crippen LogP contribution in [0.2, 0.25) is 0 Å². The molecule has 2 heterocycles. The van der Waals surface area contributed by atoms with Gasteiger partial charge in [-0.1, -0.05) is 12.1 Å². The molecular weight excluding hydrogens is 307 g/mol. The van der Waals surface area contributed by atoms with Crippen LogP contribution in [-0.4, -0.2) is 38.6 Å². The third kappa shape index (κ3) is 2.96. The van der Waals surface area contributed by atoms with Crippen molar-refractivity contribution in [3.63, 3.8) is 0 Å². The van der Waals surface area contributed by atoms with Crippen molar-refractivity contribution in [1.82, 2.24) is 9.55 Å². The predicted molar refractivity (Wildman–Crippen MR) is 78.3 cm³/mol. The molecular formula is C15H15FN2O5. The topological polar surface area (TPSA) is 105 Å². The lowest BCUT2D eigenvalue weighted by Crippen LogP contribution is -2.33. The van der Waals surface area contributed by atoms with Crippen LogP contribution in [0.3, 0.4) is 0 Å². The van der Waals surface area contributed by atoms with Crippen LogP contribution in [0.15, 0.2) is 40.1 Å². The summed E-state index contributed by atoms with van der Waals surface area (Å²) in [6.07, 6.45) is -1.16. The van der Waals surface area contributed by atoms with Gasteiger partial charge < -0.3 is 14.9 Å². The summed E-state index contributed by atoms with van der Waals surface area (Å²) in [6, 6.07) is 5.43. The molecule has 1 fully saturated rings. The van der Waals surface area contributed by atoms with Gasteiger partial charge in [0, 0.05) is 12.6 Å². The second-order valence-electron chi connectivity index (χ2n) is 5.33. The number of ether oxygens (including phenoxy) is 1. The minimum absolute atomic E-state index is 0.0970. The first-order valence-corrected chi connectivity index (χ1v) is 7.05. The highest BCUT2D eigenvalue weighted by atomic mass is 19.1. The molecule has 1 aromatic carbocycles. The zero-order valence-electron chi connectivity index (χ0n) is 12.0. The summed E-state index contributed by atoms with van der Waals surface area (Å²) in [4.78, 5) is 26.1. The fraction of sp³-hybridized carbons (Fsp3) is 0.333. The van der Waals surface area contributed by atoms with Crippen molar-refractivity contribution in [2.45, 2.75) is 24.9 Å². The van der Waals surface area contributed by atoms with E-state index in [2.05, 4.69) is 4.98 Å². The average molecular weight is 322 g/mol. The molecule has 23 heavy (non-hydrogen) atoms. The molecule has 0 unspecified atom stereocenters. The number of H-pyrrole nitrogens is 1. The number of rotatable bonds is 3. The molecule has 3 atom stereocenters. The van der Waals surface area contributed by atoms with Gasteiger partial charge in [0.1, 0.15) is 18.1 Å². The zero-order chi connectivity index (χ0) is 16.6. The Labute approximate surface area is 129 Å². The van der Waals surface area contributed by atoms with Crippen LogP contribution in [0.25, 0.3) is 11.1 Å². The van der Waals surface area contributed by atoms with Gasteiger partial charge in [0.15, 0.2) is 0 Å². The Bertz CT molecular complexity index is 831. The Hall–Kier alpha value is -2.29. The Kier molecular flexibility index (Phi) is 4.12. The van der Waals surface area contributed by atoms with Gasteiger partial charge in [-0.3, -0.25) is 14.3 Å². The third-order valence-corrected chi connectivity index (χ3v) is 3.80. The van der Waals surface area contributed by atoms with E-state index < -0.39 is 35.5 Å². The fourth-order valence-electron chi connectivity index (χ4n) is 2.61. The minimum atomic E-state index is -0.915. The van der Waals surface area contributed by atoms with Crippen molar-refractivity contribution in [3.8, 4) is 11.1 Å². The van der Waals surface area contributed by atoms with E-state index in [0.717, 1.165) is 4.57 Å². The second-order valence-corrected chi connectivity index (χ2v) is 5.33. The van der Waals surface area contributed by atoms with Gasteiger partial charge in [-0.25, -0.2) is 9.18 Å². The number of aromatic amines is 1. The number of aliphatic hydroxyl groups is 2. The van der Waals surface area contributed by atoms with E-state index in [1.807, 2.05) is 0 Å². The first-order valence-electron chi connectivity index (χ1n) is 7.05. The number of aliphatic hydroxyl groups excluding tert-OH is 2.